The van der Waals surface area contributed by atoms with E-state index in [1.54, 1.807) is 0 Å². The van der Waals surface area contributed by atoms with Gasteiger partial charge in [0.25, 0.3) is 0 Å². The summed E-state index contributed by atoms with van der Waals surface area (Å²) in [6.45, 7) is 0. The van der Waals surface area contributed by atoms with Gasteiger partial charge in [-0.05, 0) is 58.3 Å². The standard InChI is InChI=1S/C30H16S4/c1-3-7-17(8-4-1)23-13-19-11-21-27(15-25(19)31-23)33-30-22-12-20-14-24(18-9-5-2-6-10-18)32-26(20)16-28(22)34-29(21)30/h1-16H. The Morgan fingerprint density at radius 2 is 0.824 bits per heavy atom. The van der Waals surface area contributed by atoms with Crippen molar-refractivity contribution in [3.05, 3.63) is 97.1 Å². The second kappa shape index (κ2) is 7.24. The molecule has 0 bridgehead atoms. The molecule has 34 heavy (non-hydrogen) atoms. The fourth-order valence-corrected chi connectivity index (χ4v) is 9.82. The molecule has 0 aliphatic rings. The number of hydrogen-bond donors (Lipinski definition) is 0. The molecule has 4 aromatic heterocycles. The van der Waals surface area contributed by atoms with Gasteiger partial charge >= 0.3 is 0 Å². The Hall–Kier alpha value is -3.02. The maximum Gasteiger partial charge on any atom is 0.0542 e. The highest BCUT2D eigenvalue weighted by molar-refractivity contribution is 7.37. The van der Waals surface area contributed by atoms with Crippen molar-refractivity contribution in [3.63, 3.8) is 0 Å². The molecule has 0 radical (unpaired) electrons. The van der Waals surface area contributed by atoms with Gasteiger partial charge < -0.3 is 0 Å². The van der Waals surface area contributed by atoms with Crippen molar-refractivity contribution >= 4 is 95.1 Å². The van der Waals surface area contributed by atoms with E-state index < -0.39 is 0 Å². The van der Waals surface area contributed by atoms with E-state index in [4.69, 9.17) is 0 Å². The van der Waals surface area contributed by atoms with Gasteiger partial charge in [-0.15, -0.1) is 45.3 Å². The smallest absolute Gasteiger partial charge is 0.0542 e. The Kier molecular flexibility index (Phi) is 4.11. The molecule has 4 heterocycles. The van der Waals surface area contributed by atoms with E-state index in [0.717, 1.165) is 0 Å². The molecule has 160 valence electrons. The molecule has 0 unspecified atom stereocenters. The lowest BCUT2D eigenvalue weighted by atomic mass is 10.1. The van der Waals surface area contributed by atoms with Gasteiger partial charge in [-0.1, -0.05) is 60.7 Å². The van der Waals surface area contributed by atoms with Crippen LogP contribution in [0.25, 0.3) is 70.6 Å². The van der Waals surface area contributed by atoms with Gasteiger partial charge in [0.2, 0.25) is 0 Å². The van der Waals surface area contributed by atoms with Gasteiger partial charge in [-0.25, -0.2) is 0 Å². The first-order valence-corrected chi connectivity index (χ1v) is 14.4. The molecule has 4 aromatic carbocycles. The number of hydrogen-bond acceptors (Lipinski definition) is 4. The molecule has 0 atom stereocenters. The quantitative estimate of drug-likeness (QED) is 0.220. The van der Waals surface area contributed by atoms with Crippen LogP contribution < -0.4 is 0 Å². The zero-order valence-corrected chi connectivity index (χ0v) is 21.1. The molecule has 0 saturated carbocycles. The lowest BCUT2D eigenvalue weighted by molar-refractivity contribution is 1.70. The summed E-state index contributed by atoms with van der Waals surface area (Å²) in [7, 11) is 0. The molecule has 8 aromatic rings. The SMILES string of the molecule is c1ccc(-c2cc3cc4c(cc3s2)sc2c3cc5cc(-c6ccccc6)sc5cc3sc42)cc1. The fraction of sp³-hybridized carbons (Fsp3) is 0. The molecule has 0 amide bonds. The molecular formula is C30H16S4. The highest BCUT2D eigenvalue weighted by atomic mass is 32.1. The summed E-state index contributed by atoms with van der Waals surface area (Å²) >= 11 is 7.69. The third-order valence-corrected chi connectivity index (χ3v) is 11.3. The second-order valence-corrected chi connectivity index (χ2v) is 12.9. The zero-order chi connectivity index (χ0) is 22.2. The Morgan fingerprint density at radius 3 is 1.26 bits per heavy atom. The van der Waals surface area contributed by atoms with Gasteiger partial charge in [0.1, 0.15) is 0 Å². The average molecular weight is 505 g/mol. The number of thiophene rings is 4. The van der Waals surface area contributed by atoms with Crippen LogP contribution >= 0.6 is 45.3 Å². The molecule has 0 fully saturated rings. The van der Waals surface area contributed by atoms with Crippen molar-refractivity contribution in [2.45, 2.75) is 0 Å². The Balaban J connectivity index is 1.32. The molecule has 0 spiro atoms. The third kappa shape index (κ3) is 2.87. The number of benzene rings is 4. The highest BCUT2D eigenvalue weighted by Gasteiger charge is 2.16. The van der Waals surface area contributed by atoms with E-state index in [-0.39, 0.29) is 0 Å². The van der Waals surface area contributed by atoms with Crippen molar-refractivity contribution < 1.29 is 0 Å². The fourth-order valence-electron chi connectivity index (χ4n) is 4.82. The third-order valence-electron chi connectivity index (χ3n) is 6.47. The summed E-state index contributed by atoms with van der Waals surface area (Å²) in [5, 5.41) is 5.50. The molecule has 0 N–H and O–H groups in total. The summed E-state index contributed by atoms with van der Waals surface area (Å²) in [6.07, 6.45) is 0. The van der Waals surface area contributed by atoms with Gasteiger partial charge in [0.05, 0.1) is 9.40 Å². The van der Waals surface area contributed by atoms with Gasteiger partial charge in [0, 0.05) is 39.3 Å². The highest BCUT2D eigenvalue weighted by Crippen LogP contribution is 2.48. The predicted molar refractivity (Wildman–Crippen MR) is 156 cm³/mol. The largest absolute Gasteiger partial charge is 0.135 e. The van der Waals surface area contributed by atoms with Crippen molar-refractivity contribution in [3.8, 4) is 20.9 Å². The number of rotatable bonds is 2. The van der Waals surface area contributed by atoms with Crippen molar-refractivity contribution in [2.75, 3.05) is 0 Å². The van der Waals surface area contributed by atoms with E-state index in [2.05, 4.69) is 97.1 Å². The predicted octanol–water partition coefficient (Wildman–Crippen LogP) is 11.0. The molecule has 0 aliphatic heterocycles. The van der Waals surface area contributed by atoms with Crippen LogP contribution in [0.4, 0.5) is 0 Å². The number of fused-ring (bicyclic) bond motifs is 7. The second-order valence-electron chi connectivity index (χ2n) is 8.59. The minimum Gasteiger partial charge on any atom is -0.135 e. The van der Waals surface area contributed by atoms with E-state index in [1.165, 1.54) is 70.6 Å². The van der Waals surface area contributed by atoms with Crippen molar-refractivity contribution in [1.82, 2.24) is 0 Å². The van der Waals surface area contributed by atoms with Gasteiger partial charge in [-0.2, -0.15) is 0 Å². The first-order valence-electron chi connectivity index (χ1n) is 11.2. The van der Waals surface area contributed by atoms with Crippen LogP contribution in [0.3, 0.4) is 0 Å². The minimum atomic E-state index is 1.30. The molecule has 8 rings (SSSR count). The van der Waals surface area contributed by atoms with Gasteiger partial charge in [-0.3, -0.25) is 0 Å². The van der Waals surface area contributed by atoms with E-state index >= 15 is 0 Å². The minimum absolute atomic E-state index is 1.30. The normalized spacial score (nSPS) is 12.1. The van der Waals surface area contributed by atoms with E-state index in [9.17, 15) is 0 Å². The zero-order valence-electron chi connectivity index (χ0n) is 17.9. The summed E-state index contributed by atoms with van der Waals surface area (Å²) in [5.41, 5.74) is 2.60. The maximum atomic E-state index is 2.41. The lowest BCUT2D eigenvalue weighted by Gasteiger charge is -1.93. The van der Waals surface area contributed by atoms with Gasteiger partial charge in [0.15, 0.2) is 0 Å². The molecule has 0 nitrogen and oxygen atoms in total. The maximum absolute atomic E-state index is 2.41. The Labute approximate surface area is 212 Å². The topological polar surface area (TPSA) is 0 Å². The van der Waals surface area contributed by atoms with Crippen LogP contribution in [0.15, 0.2) is 97.1 Å². The summed E-state index contributed by atoms with van der Waals surface area (Å²) in [4.78, 5) is 2.69. The van der Waals surface area contributed by atoms with Crippen LogP contribution in [0.1, 0.15) is 0 Å². The summed E-state index contributed by atoms with van der Waals surface area (Å²) in [6, 6.07) is 35.8. The molecule has 0 saturated heterocycles. The average Bonchev–Trinajstić information content (AvgIpc) is 3.63. The molecular weight excluding hydrogens is 489 g/mol. The van der Waals surface area contributed by atoms with E-state index in [0.29, 0.717) is 0 Å². The molecule has 0 aliphatic carbocycles. The first-order chi connectivity index (χ1) is 16.8. The summed E-state index contributed by atoms with van der Waals surface area (Å²) < 4.78 is 8.41. The summed E-state index contributed by atoms with van der Waals surface area (Å²) in [5.74, 6) is 0. The van der Waals surface area contributed by atoms with Crippen LogP contribution in [0, 0.1) is 0 Å². The van der Waals surface area contributed by atoms with Crippen LogP contribution in [-0.4, -0.2) is 0 Å². The first kappa shape index (κ1) is 19.3. The Morgan fingerprint density at radius 1 is 0.382 bits per heavy atom. The van der Waals surface area contributed by atoms with Crippen LogP contribution in [-0.2, 0) is 0 Å². The van der Waals surface area contributed by atoms with Crippen LogP contribution in [0.2, 0.25) is 0 Å². The van der Waals surface area contributed by atoms with Crippen LogP contribution in [0.5, 0.6) is 0 Å². The molecule has 4 heteroatoms. The van der Waals surface area contributed by atoms with E-state index in [1.807, 2.05) is 45.3 Å². The van der Waals surface area contributed by atoms with Crippen molar-refractivity contribution in [2.24, 2.45) is 0 Å². The Bertz CT molecular complexity index is 1850. The monoisotopic (exact) mass is 504 g/mol. The lowest BCUT2D eigenvalue weighted by Crippen LogP contribution is -1.67. The van der Waals surface area contributed by atoms with Crippen molar-refractivity contribution in [1.29, 1.82) is 0 Å².